The van der Waals surface area contributed by atoms with Crippen molar-refractivity contribution >= 4 is 11.8 Å². The number of hydrogen-bond acceptors (Lipinski definition) is 3. The Morgan fingerprint density at radius 2 is 1.52 bits per heavy atom. The molecular weight excluding hydrogens is 264 g/mol. The van der Waals surface area contributed by atoms with E-state index in [4.69, 9.17) is 4.74 Å². The molecule has 0 aromatic heterocycles. The summed E-state index contributed by atoms with van der Waals surface area (Å²) in [5.74, 6) is -0.510. The lowest BCUT2D eigenvalue weighted by Crippen LogP contribution is -2.07. The first-order valence-electron chi connectivity index (χ1n) is 6.66. The molecule has 0 spiro atoms. The third-order valence-corrected chi connectivity index (χ3v) is 2.90. The molecule has 0 heterocycles. The molecule has 2 aromatic rings. The molecule has 0 bridgehead atoms. The molecule has 0 amide bonds. The number of benzene rings is 2. The molecule has 0 aliphatic heterocycles. The highest BCUT2D eigenvalue weighted by molar-refractivity contribution is 6.04. The molecule has 3 nitrogen and oxygen atoms in total. The maximum absolute atomic E-state index is 12.0. The van der Waals surface area contributed by atoms with Crippen molar-refractivity contribution in [2.24, 2.45) is 0 Å². The minimum absolute atomic E-state index is 0.122. The average molecular weight is 280 g/mol. The summed E-state index contributed by atoms with van der Waals surface area (Å²) in [5, 5.41) is 0. The molecule has 2 rings (SSSR count). The molecule has 0 N–H and O–H groups in total. The van der Waals surface area contributed by atoms with Crippen LogP contribution in [-0.2, 0) is 9.53 Å². The number of esters is 1. The molecule has 21 heavy (non-hydrogen) atoms. The van der Waals surface area contributed by atoms with E-state index in [2.05, 4.69) is 0 Å². The summed E-state index contributed by atoms with van der Waals surface area (Å²) < 4.78 is 5.24. The number of hydrogen-bond donors (Lipinski definition) is 0. The van der Waals surface area contributed by atoms with Crippen LogP contribution in [0.5, 0.6) is 0 Å². The SMILES string of the molecule is CC(=O)OC(/C=C/C(=O)c1ccccc1)c1ccccc1. The zero-order valence-electron chi connectivity index (χ0n) is 11.7. The fourth-order valence-corrected chi connectivity index (χ4v) is 1.91. The minimum Gasteiger partial charge on any atom is -0.453 e. The van der Waals surface area contributed by atoms with E-state index in [-0.39, 0.29) is 11.8 Å². The van der Waals surface area contributed by atoms with Crippen LogP contribution in [0, 0.1) is 0 Å². The summed E-state index contributed by atoms with van der Waals surface area (Å²) in [7, 11) is 0. The Morgan fingerprint density at radius 1 is 0.952 bits per heavy atom. The third-order valence-electron chi connectivity index (χ3n) is 2.90. The Labute approximate surface area is 123 Å². The molecule has 106 valence electrons. The summed E-state index contributed by atoms with van der Waals surface area (Å²) in [4.78, 5) is 23.2. The lowest BCUT2D eigenvalue weighted by atomic mass is 10.1. The van der Waals surface area contributed by atoms with Crippen LogP contribution in [-0.4, -0.2) is 11.8 Å². The average Bonchev–Trinajstić information content (AvgIpc) is 2.52. The van der Waals surface area contributed by atoms with Crippen LogP contribution in [0.25, 0.3) is 0 Å². The summed E-state index contributed by atoms with van der Waals surface area (Å²) in [6, 6.07) is 18.3. The minimum atomic E-state index is -0.559. The first-order valence-corrected chi connectivity index (χ1v) is 6.66. The lowest BCUT2D eigenvalue weighted by molar-refractivity contribution is -0.144. The molecular formula is C18H16O3. The Hall–Kier alpha value is -2.68. The van der Waals surface area contributed by atoms with Crippen molar-refractivity contribution in [3.05, 3.63) is 83.9 Å². The van der Waals surface area contributed by atoms with Gasteiger partial charge >= 0.3 is 5.97 Å². The van der Waals surface area contributed by atoms with Crippen LogP contribution < -0.4 is 0 Å². The zero-order valence-corrected chi connectivity index (χ0v) is 11.7. The van der Waals surface area contributed by atoms with Gasteiger partial charge in [0.15, 0.2) is 5.78 Å². The van der Waals surface area contributed by atoms with Gasteiger partial charge in [0, 0.05) is 12.5 Å². The molecule has 2 aromatic carbocycles. The maximum Gasteiger partial charge on any atom is 0.303 e. The second-order valence-electron chi connectivity index (χ2n) is 4.53. The van der Waals surface area contributed by atoms with Crippen molar-refractivity contribution in [2.45, 2.75) is 13.0 Å². The first-order chi connectivity index (χ1) is 10.2. The quantitative estimate of drug-likeness (QED) is 0.476. The molecule has 1 unspecified atom stereocenters. The van der Waals surface area contributed by atoms with Crippen molar-refractivity contribution in [1.82, 2.24) is 0 Å². The van der Waals surface area contributed by atoms with Crippen LogP contribution in [0.1, 0.15) is 28.9 Å². The Balaban J connectivity index is 2.17. The highest BCUT2D eigenvalue weighted by Gasteiger charge is 2.11. The molecule has 0 fully saturated rings. The van der Waals surface area contributed by atoms with Crippen LogP contribution in [0.4, 0.5) is 0 Å². The molecule has 1 atom stereocenters. The van der Waals surface area contributed by atoms with Crippen molar-refractivity contribution < 1.29 is 14.3 Å². The van der Waals surface area contributed by atoms with Crippen molar-refractivity contribution in [1.29, 1.82) is 0 Å². The number of ketones is 1. The van der Waals surface area contributed by atoms with Crippen molar-refractivity contribution in [2.75, 3.05) is 0 Å². The largest absolute Gasteiger partial charge is 0.453 e. The smallest absolute Gasteiger partial charge is 0.303 e. The molecule has 3 heteroatoms. The summed E-state index contributed by atoms with van der Waals surface area (Å²) in [5.41, 5.74) is 1.42. The van der Waals surface area contributed by atoms with E-state index >= 15 is 0 Å². The van der Waals surface area contributed by atoms with Gasteiger partial charge in [0.25, 0.3) is 0 Å². The fraction of sp³-hybridized carbons (Fsp3) is 0.111. The van der Waals surface area contributed by atoms with Gasteiger partial charge < -0.3 is 4.74 Å². The third kappa shape index (κ3) is 4.42. The monoisotopic (exact) mass is 280 g/mol. The summed E-state index contributed by atoms with van der Waals surface area (Å²) >= 11 is 0. The molecule has 0 saturated heterocycles. The normalized spacial score (nSPS) is 12.0. The Morgan fingerprint density at radius 3 is 2.10 bits per heavy atom. The van der Waals surface area contributed by atoms with E-state index in [0.717, 1.165) is 5.56 Å². The van der Waals surface area contributed by atoms with E-state index < -0.39 is 6.10 Å². The second-order valence-corrected chi connectivity index (χ2v) is 4.53. The van der Waals surface area contributed by atoms with Gasteiger partial charge in [0.2, 0.25) is 0 Å². The first kappa shape index (κ1) is 14.7. The number of carbonyl (C=O) groups is 2. The van der Waals surface area contributed by atoms with Crippen molar-refractivity contribution in [3.8, 4) is 0 Å². The van der Waals surface area contributed by atoms with Crippen LogP contribution in [0.15, 0.2) is 72.8 Å². The Bertz CT molecular complexity index is 630. The molecule has 0 aliphatic rings. The predicted molar refractivity (Wildman–Crippen MR) is 80.9 cm³/mol. The number of allylic oxidation sites excluding steroid dienone is 1. The number of ether oxygens (including phenoxy) is 1. The van der Waals surface area contributed by atoms with E-state index in [1.54, 1.807) is 18.2 Å². The van der Waals surface area contributed by atoms with Gasteiger partial charge in [-0.05, 0) is 17.7 Å². The Kier molecular flexibility index (Phi) is 5.04. The lowest BCUT2D eigenvalue weighted by Gasteiger charge is -2.13. The molecule has 0 aliphatic carbocycles. The highest BCUT2D eigenvalue weighted by Crippen LogP contribution is 2.19. The van der Waals surface area contributed by atoms with Crippen molar-refractivity contribution in [3.63, 3.8) is 0 Å². The topological polar surface area (TPSA) is 43.4 Å². The van der Waals surface area contributed by atoms with Gasteiger partial charge in [-0.2, -0.15) is 0 Å². The predicted octanol–water partition coefficient (Wildman–Crippen LogP) is 3.73. The fourth-order valence-electron chi connectivity index (χ4n) is 1.91. The van der Waals surface area contributed by atoms with Gasteiger partial charge in [0.1, 0.15) is 6.10 Å². The van der Waals surface area contributed by atoms with E-state index in [0.29, 0.717) is 5.56 Å². The number of carbonyl (C=O) groups excluding carboxylic acids is 2. The maximum atomic E-state index is 12.0. The van der Waals surface area contributed by atoms with Gasteiger partial charge in [-0.25, -0.2) is 0 Å². The van der Waals surface area contributed by atoms with Gasteiger partial charge in [-0.1, -0.05) is 60.7 Å². The van der Waals surface area contributed by atoms with Crippen LogP contribution in [0.2, 0.25) is 0 Å². The van der Waals surface area contributed by atoms with Gasteiger partial charge in [-0.3, -0.25) is 9.59 Å². The van der Waals surface area contributed by atoms with Gasteiger partial charge in [0.05, 0.1) is 0 Å². The second kappa shape index (κ2) is 7.20. The van der Waals surface area contributed by atoms with E-state index in [1.807, 2.05) is 48.5 Å². The van der Waals surface area contributed by atoms with Crippen LogP contribution in [0.3, 0.4) is 0 Å². The molecule has 0 radical (unpaired) electrons. The molecule has 0 saturated carbocycles. The highest BCUT2D eigenvalue weighted by atomic mass is 16.5. The van der Waals surface area contributed by atoms with E-state index in [9.17, 15) is 9.59 Å². The van der Waals surface area contributed by atoms with Crippen LogP contribution >= 0.6 is 0 Å². The van der Waals surface area contributed by atoms with E-state index in [1.165, 1.54) is 13.0 Å². The van der Waals surface area contributed by atoms with Gasteiger partial charge in [-0.15, -0.1) is 0 Å². The number of rotatable bonds is 5. The summed E-state index contributed by atoms with van der Waals surface area (Å²) in [6.07, 6.45) is 2.48. The standard InChI is InChI=1S/C18H16O3/c1-14(19)21-18(16-10-6-3-7-11-16)13-12-17(20)15-8-4-2-5-9-15/h2-13,18H,1H3/b13-12+. The summed E-state index contributed by atoms with van der Waals surface area (Å²) in [6.45, 7) is 1.35. The zero-order chi connectivity index (χ0) is 15.1.